The van der Waals surface area contributed by atoms with Gasteiger partial charge in [0.05, 0.1) is 11.9 Å². The molecular formula is C25H31ClFN3O4S. The first-order valence-corrected chi connectivity index (χ1v) is 13.9. The van der Waals surface area contributed by atoms with Gasteiger partial charge in [0.25, 0.3) is 0 Å². The number of carbonyl (C=O) groups is 2. The molecule has 0 bridgehead atoms. The molecule has 0 unspecified atom stereocenters. The van der Waals surface area contributed by atoms with E-state index >= 15 is 0 Å². The molecule has 190 valence electrons. The van der Waals surface area contributed by atoms with E-state index in [0.717, 1.165) is 47.9 Å². The summed E-state index contributed by atoms with van der Waals surface area (Å²) in [5.41, 5.74) is 0.780. The van der Waals surface area contributed by atoms with Gasteiger partial charge in [-0.1, -0.05) is 49.6 Å². The normalized spacial score (nSPS) is 15.0. The van der Waals surface area contributed by atoms with Gasteiger partial charge in [-0.25, -0.2) is 12.8 Å². The zero-order valence-corrected chi connectivity index (χ0v) is 21.5. The van der Waals surface area contributed by atoms with Gasteiger partial charge in [0, 0.05) is 17.6 Å². The molecule has 1 atom stereocenters. The summed E-state index contributed by atoms with van der Waals surface area (Å²) in [4.78, 5) is 28.2. The molecule has 2 amide bonds. The third kappa shape index (κ3) is 7.41. The van der Waals surface area contributed by atoms with E-state index in [-0.39, 0.29) is 24.2 Å². The summed E-state index contributed by atoms with van der Waals surface area (Å²) in [6.45, 7) is 1.33. The molecule has 0 aromatic heterocycles. The van der Waals surface area contributed by atoms with Crippen LogP contribution in [-0.4, -0.2) is 50.0 Å². The summed E-state index contributed by atoms with van der Waals surface area (Å²) in [5, 5.41) is 3.58. The standard InChI is InChI=1S/C25H31ClFN3O4S/c1-3-23(25(32)28-21-8-4-5-9-21)29(16-18-11-13-19(26)14-12-18)24(31)17-30(35(2,33)34)22-10-6-7-20(27)15-22/h6-7,10-15,21,23H,3-5,8-9,16-17H2,1-2H3,(H,28,32)/t23-/m0/s1. The zero-order chi connectivity index (χ0) is 25.6. The van der Waals surface area contributed by atoms with Crippen LogP contribution in [-0.2, 0) is 26.2 Å². The SMILES string of the molecule is CC[C@@H](C(=O)NC1CCCC1)N(Cc1ccc(Cl)cc1)C(=O)CN(c1cccc(F)c1)S(C)(=O)=O. The van der Waals surface area contributed by atoms with Crippen molar-refractivity contribution in [2.75, 3.05) is 17.1 Å². The number of nitrogens with one attached hydrogen (secondary N) is 1. The molecule has 1 aliphatic rings. The predicted molar refractivity (Wildman–Crippen MR) is 135 cm³/mol. The first-order valence-electron chi connectivity index (χ1n) is 11.7. The fourth-order valence-electron chi connectivity index (χ4n) is 4.32. The number of hydrogen-bond acceptors (Lipinski definition) is 4. The first-order chi connectivity index (χ1) is 16.6. The number of benzene rings is 2. The van der Waals surface area contributed by atoms with Crippen LogP contribution in [0.5, 0.6) is 0 Å². The van der Waals surface area contributed by atoms with Crippen LogP contribution < -0.4 is 9.62 Å². The minimum absolute atomic E-state index is 0.0377. The minimum Gasteiger partial charge on any atom is -0.352 e. The lowest BCUT2D eigenvalue weighted by Crippen LogP contribution is -2.53. The van der Waals surface area contributed by atoms with Crippen molar-refractivity contribution < 1.29 is 22.4 Å². The fraction of sp³-hybridized carbons (Fsp3) is 0.440. The second-order valence-electron chi connectivity index (χ2n) is 8.81. The summed E-state index contributed by atoms with van der Waals surface area (Å²) >= 11 is 6.00. The molecular weight excluding hydrogens is 493 g/mol. The highest BCUT2D eigenvalue weighted by Crippen LogP contribution is 2.22. The fourth-order valence-corrected chi connectivity index (χ4v) is 5.29. The minimum atomic E-state index is -3.91. The molecule has 1 fully saturated rings. The highest BCUT2D eigenvalue weighted by molar-refractivity contribution is 7.92. The molecule has 1 saturated carbocycles. The van der Waals surface area contributed by atoms with Crippen LogP contribution in [0, 0.1) is 5.82 Å². The van der Waals surface area contributed by atoms with Crippen molar-refractivity contribution in [2.45, 2.75) is 57.7 Å². The number of amides is 2. The van der Waals surface area contributed by atoms with Gasteiger partial charge in [-0.2, -0.15) is 0 Å². The highest BCUT2D eigenvalue weighted by atomic mass is 35.5. The van der Waals surface area contributed by atoms with Crippen molar-refractivity contribution in [3.8, 4) is 0 Å². The van der Waals surface area contributed by atoms with Crippen molar-refractivity contribution >= 4 is 39.1 Å². The molecule has 2 aromatic rings. The Balaban J connectivity index is 1.91. The Bertz CT molecular complexity index is 1140. The van der Waals surface area contributed by atoms with Crippen LogP contribution in [0.2, 0.25) is 5.02 Å². The second kappa shape index (κ2) is 11.9. The number of sulfonamides is 1. The topological polar surface area (TPSA) is 86.8 Å². The van der Waals surface area contributed by atoms with E-state index in [0.29, 0.717) is 11.4 Å². The Morgan fingerprint density at radius 3 is 2.37 bits per heavy atom. The molecule has 35 heavy (non-hydrogen) atoms. The maximum atomic E-state index is 13.8. The number of carbonyl (C=O) groups excluding carboxylic acids is 2. The van der Waals surface area contributed by atoms with Gasteiger partial charge in [0.15, 0.2) is 0 Å². The largest absolute Gasteiger partial charge is 0.352 e. The molecule has 1 aliphatic carbocycles. The van der Waals surface area contributed by atoms with Crippen LogP contribution in [0.3, 0.4) is 0 Å². The monoisotopic (exact) mass is 523 g/mol. The van der Waals surface area contributed by atoms with E-state index in [1.54, 1.807) is 24.3 Å². The smallest absolute Gasteiger partial charge is 0.244 e. The van der Waals surface area contributed by atoms with Crippen LogP contribution in [0.1, 0.15) is 44.6 Å². The van der Waals surface area contributed by atoms with Gasteiger partial charge in [0.2, 0.25) is 21.8 Å². The Hall–Kier alpha value is -2.65. The predicted octanol–water partition coefficient (Wildman–Crippen LogP) is 4.11. The average Bonchev–Trinajstić information content (AvgIpc) is 3.30. The van der Waals surface area contributed by atoms with E-state index < -0.39 is 34.3 Å². The first kappa shape index (κ1) is 26.9. The van der Waals surface area contributed by atoms with Crippen LogP contribution in [0.15, 0.2) is 48.5 Å². The number of halogens is 2. The van der Waals surface area contributed by atoms with Gasteiger partial charge in [-0.05, 0) is 55.2 Å². The molecule has 3 rings (SSSR count). The van der Waals surface area contributed by atoms with Gasteiger partial charge >= 0.3 is 0 Å². The van der Waals surface area contributed by atoms with E-state index in [1.165, 1.54) is 23.1 Å². The molecule has 7 nitrogen and oxygen atoms in total. The summed E-state index contributed by atoms with van der Waals surface area (Å²) in [7, 11) is -3.91. The average molecular weight is 524 g/mol. The van der Waals surface area contributed by atoms with Crippen molar-refractivity contribution in [1.82, 2.24) is 10.2 Å². The maximum Gasteiger partial charge on any atom is 0.244 e. The van der Waals surface area contributed by atoms with Crippen LogP contribution >= 0.6 is 11.6 Å². The zero-order valence-electron chi connectivity index (χ0n) is 19.9. The molecule has 1 N–H and O–H groups in total. The van der Waals surface area contributed by atoms with E-state index in [2.05, 4.69) is 5.32 Å². The van der Waals surface area contributed by atoms with Gasteiger partial charge in [-0.15, -0.1) is 0 Å². The van der Waals surface area contributed by atoms with Crippen molar-refractivity contribution in [3.05, 3.63) is 64.9 Å². The summed E-state index contributed by atoms with van der Waals surface area (Å²) < 4.78 is 39.8. The lowest BCUT2D eigenvalue weighted by Gasteiger charge is -2.33. The van der Waals surface area contributed by atoms with Crippen LogP contribution in [0.4, 0.5) is 10.1 Å². The quantitative estimate of drug-likeness (QED) is 0.507. The van der Waals surface area contributed by atoms with Crippen molar-refractivity contribution in [3.63, 3.8) is 0 Å². The molecule has 2 aromatic carbocycles. The second-order valence-corrected chi connectivity index (χ2v) is 11.2. The van der Waals surface area contributed by atoms with E-state index in [9.17, 15) is 22.4 Å². The maximum absolute atomic E-state index is 13.8. The molecule has 0 spiro atoms. The summed E-state index contributed by atoms with van der Waals surface area (Å²) in [6.07, 6.45) is 5.19. The van der Waals surface area contributed by atoms with Crippen molar-refractivity contribution in [2.24, 2.45) is 0 Å². The lowest BCUT2D eigenvalue weighted by atomic mass is 10.1. The molecule has 0 aliphatic heterocycles. The van der Waals surface area contributed by atoms with Crippen molar-refractivity contribution in [1.29, 1.82) is 0 Å². The Morgan fingerprint density at radius 2 is 1.80 bits per heavy atom. The Morgan fingerprint density at radius 1 is 1.14 bits per heavy atom. The highest BCUT2D eigenvalue weighted by Gasteiger charge is 2.33. The molecule has 0 radical (unpaired) electrons. The Labute approximate surface area is 211 Å². The third-order valence-electron chi connectivity index (χ3n) is 6.13. The van der Waals surface area contributed by atoms with E-state index in [4.69, 9.17) is 11.6 Å². The summed E-state index contributed by atoms with van der Waals surface area (Å²) in [6, 6.07) is 11.2. The number of anilines is 1. The molecule has 0 heterocycles. The van der Waals surface area contributed by atoms with Gasteiger partial charge in [0.1, 0.15) is 18.4 Å². The number of rotatable bonds is 10. The third-order valence-corrected chi connectivity index (χ3v) is 7.52. The van der Waals surface area contributed by atoms with E-state index in [1.807, 2.05) is 6.92 Å². The molecule has 10 heteroatoms. The number of nitrogens with zero attached hydrogens (tertiary/aromatic N) is 2. The number of hydrogen-bond donors (Lipinski definition) is 1. The summed E-state index contributed by atoms with van der Waals surface area (Å²) in [5.74, 6) is -1.45. The Kier molecular flexibility index (Phi) is 9.13. The lowest BCUT2D eigenvalue weighted by molar-refractivity contribution is -0.140. The van der Waals surface area contributed by atoms with Crippen LogP contribution in [0.25, 0.3) is 0 Å². The molecule has 0 saturated heterocycles. The van der Waals surface area contributed by atoms with Gasteiger partial charge < -0.3 is 10.2 Å². The van der Waals surface area contributed by atoms with Gasteiger partial charge in [-0.3, -0.25) is 13.9 Å².